The fourth-order valence-corrected chi connectivity index (χ4v) is 2.69. The normalized spacial score (nSPS) is 18.3. The SMILES string of the molecule is CC(C)Oc1nc(NCC2(O)CCCCCC2)ccc1N. The maximum absolute atomic E-state index is 10.6. The Morgan fingerprint density at radius 1 is 1.29 bits per heavy atom. The number of aliphatic hydroxyl groups is 1. The molecule has 0 atom stereocenters. The quantitative estimate of drug-likeness (QED) is 0.727. The van der Waals surface area contributed by atoms with Crippen molar-refractivity contribution in [2.75, 3.05) is 17.6 Å². The molecular formula is C16H27N3O2. The molecule has 4 N–H and O–H groups in total. The van der Waals surface area contributed by atoms with Crippen LogP contribution in [0.1, 0.15) is 52.4 Å². The van der Waals surface area contributed by atoms with E-state index in [1.807, 2.05) is 19.9 Å². The van der Waals surface area contributed by atoms with Crippen LogP contribution in [-0.2, 0) is 0 Å². The number of pyridine rings is 1. The fourth-order valence-electron chi connectivity index (χ4n) is 2.69. The van der Waals surface area contributed by atoms with Crippen LogP contribution in [0.4, 0.5) is 11.5 Å². The van der Waals surface area contributed by atoms with Crippen LogP contribution in [0, 0.1) is 0 Å². The predicted molar refractivity (Wildman–Crippen MR) is 85.6 cm³/mol. The minimum Gasteiger partial charge on any atom is -0.473 e. The van der Waals surface area contributed by atoms with Gasteiger partial charge in [0.1, 0.15) is 5.82 Å². The van der Waals surface area contributed by atoms with Gasteiger partial charge in [-0.2, -0.15) is 4.98 Å². The molecule has 0 unspecified atom stereocenters. The average Bonchev–Trinajstić information content (AvgIpc) is 2.65. The summed E-state index contributed by atoms with van der Waals surface area (Å²) < 4.78 is 5.58. The van der Waals surface area contributed by atoms with Crippen LogP contribution in [0.25, 0.3) is 0 Å². The minimum atomic E-state index is -0.626. The zero-order valence-corrected chi connectivity index (χ0v) is 13.1. The maximum Gasteiger partial charge on any atom is 0.239 e. The van der Waals surface area contributed by atoms with Gasteiger partial charge in [0.25, 0.3) is 0 Å². The Bertz CT molecular complexity index is 455. The van der Waals surface area contributed by atoms with Crippen molar-refractivity contribution < 1.29 is 9.84 Å². The second-order valence-electron chi connectivity index (χ2n) is 6.25. The number of nitrogens with one attached hydrogen (secondary N) is 1. The van der Waals surface area contributed by atoms with E-state index in [0.717, 1.165) is 25.7 Å². The van der Waals surface area contributed by atoms with E-state index >= 15 is 0 Å². The van der Waals surface area contributed by atoms with Crippen molar-refractivity contribution in [3.8, 4) is 5.88 Å². The monoisotopic (exact) mass is 293 g/mol. The van der Waals surface area contributed by atoms with Gasteiger partial charge in [0.15, 0.2) is 0 Å². The highest BCUT2D eigenvalue weighted by Gasteiger charge is 2.27. The van der Waals surface area contributed by atoms with Crippen molar-refractivity contribution in [3.63, 3.8) is 0 Å². The number of rotatable bonds is 5. The van der Waals surface area contributed by atoms with E-state index in [1.165, 1.54) is 12.8 Å². The molecule has 0 spiro atoms. The zero-order chi connectivity index (χ0) is 15.3. The van der Waals surface area contributed by atoms with Crippen molar-refractivity contribution in [1.29, 1.82) is 0 Å². The lowest BCUT2D eigenvalue weighted by atomic mass is 9.94. The van der Waals surface area contributed by atoms with E-state index in [1.54, 1.807) is 6.07 Å². The number of nitrogen functional groups attached to an aromatic ring is 1. The van der Waals surface area contributed by atoms with Crippen molar-refractivity contribution in [1.82, 2.24) is 4.98 Å². The molecule has 1 heterocycles. The van der Waals surface area contributed by atoms with Gasteiger partial charge in [0.05, 0.1) is 17.4 Å². The molecule has 0 saturated heterocycles. The van der Waals surface area contributed by atoms with Gasteiger partial charge < -0.3 is 20.9 Å². The van der Waals surface area contributed by atoms with Gasteiger partial charge in [-0.25, -0.2) is 0 Å². The molecular weight excluding hydrogens is 266 g/mol. The summed E-state index contributed by atoms with van der Waals surface area (Å²) in [7, 11) is 0. The van der Waals surface area contributed by atoms with Crippen LogP contribution >= 0.6 is 0 Å². The smallest absolute Gasteiger partial charge is 0.239 e. The molecule has 1 aromatic rings. The molecule has 0 radical (unpaired) electrons. The fraction of sp³-hybridized carbons (Fsp3) is 0.688. The molecule has 5 nitrogen and oxygen atoms in total. The number of hydrogen-bond acceptors (Lipinski definition) is 5. The van der Waals surface area contributed by atoms with E-state index in [9.17, 15) is 5.11 Å². The van der Waals surface area contributed by atoms with Crippen LogP contribution in [0.2, 0.25) is 0 Å². The molecule has 0 bridgehead atoms. The summed E-state index contributed by atoms with van der Waals surface area (Å²) in [5, 5.41) is 13.9. The van der Waals surface area contributed by atoms with Crippen molar-refractivity contribution >= 4 is 11.5 Å². The number of aromatic nitrogens is 1. The Hall–Kier alpha value is -1.49. The Balaban J connectivity index is 1.99. The lowest BCUT2D eigenvalue weighted by Gasteiger charge is -2.27. The van der Waals surface area contributed by atoms with Gasteiger partial charge in [-0.3, -0.25) is 0 Å². The van der Waals surface area contributed by atoms with Gasteiger partial charge in [-0.15, -0.1) is 0 Å². The number of hydrogen-bond donors (Lipinski definition) is 3. The molecule has 1 saturated carbocycles. The second kappa shape index (κ2) is 6.98. The summed E-state index contributed by atoms with van der Waals surface area (Å²) >= 11 is 0. The summed E-state index contributed by atoms with van der Waals surface area (Å²) in [6, 6.07) is 3.60. The molecule has 118 valence electrons. The average molecular weight is 293 g/mol. The van der Waals surface area contributed by atoms with Crippen LogP contribution < -0.4 is 15.8 Å². The number of nitrogens with two attached hydrogens (primary N) is 1. The van der Waals surface area contributed by atoms with Gasteiger partial charge in [0, 0.05) is 6.54 Å². The number of nitrogens with zero attached hydrogens (tertiary/aromatic N) is 1. The zero-order valence-electron chi connectivity index (χ0n) is 13.1. The van der Waals surface area contributed by atoms with Crippen LogP contribution in [0.15, 0.2) is 12.1 Å². The van der Waals surface area contributed by atoms with E-state index in [-0.39, 0.29) is 6.10 Å². The largest absolute Gasteiger partial charge is 0.473 e. The van der Waals surface area contributed by atoms with Crippen LogP contribution in [0.5, 0.6) is 5.88 Å². The Kier molecular flexibility index (Phi) is 5.28. The highest BCUT2D eigenvalue weighted by Crippen LogP contribution is 2.28. The summed E-state index contributed by atoms with van der Waals surface area (Å²) in [6.07, 6.45) is 6.35. The Morgan fingerprint density at radius 2 is 1.95 bits per heavy atom. The lowest BCUT2D eigenvalue weighted by Crippen LogP contribution is -2.36. The maximum atomic E-state index is 10.6. The number of anilines is 2. The third-order valence-electron chi connectivity index (χ3n) is 3.87. The van der Waals surface area contributed by atoms with Crippen molar-refractivity contribution in [3.05, 3.63) is 12.1 Å². The third kappa shape index (κ3) is 4.77. The van der Waals surface area contributed by atoms with Gasteiger partial charge in [-0.1, -0.05) is 25.7 Å². The summed E-state index contributed by atoms with van der Waals surface area (Å²) in [6.45, 7) is 4.40. The molecule has 1 fully saturated rings. The molecule has 0 aromatic carbocycles. The molecule has 1 aliphatic rings. The van der Waals surface area contributed by atoms with Gasteiger partial charge in [0.2, 0.25) is 5.88 Å². The van der Waals surface area contributed by atoms with Crippen LogP contribution in [0.3, 0.4) is 0 Å². The van der Waals surface area contributed by atoms with Crippen molar-refractivity contribution in [2.24, 2.45) is 0 Å². The molecule has 2 rings (SSSR count). The van der Waals surface area contributed by atoms with Gasteiger partial charge >= 0.3 is 0 Å². The predicted octanol–water partition coefficient (Wildman–Crippen LogP) is 2.95. The highest BCUT2D eigenvalue weighted by molar-refractivity contribution is 5.53. The molecule has 5 heteroatoms. The van der Waals surface area contributed by atoms with E-state index < -0.39 is 5.60 Å². The first-order valence-corrected chi connectivity index (χ1v) is 7.88. The molecule has 0 aliphatic heterocycles. The number of ether oxygens (including phenoxy) is 1. The molecule has 1 aromatic heterocycles. The van der Waals surface area contributed by atoms with E-state index in [2.05, 4.69) is 10.3 Å². The summed E-state index contributed by atoms with van der Waals surface area (Å²) in [4.78, 5) is 4.38. The Labute approximate surface area is 126 Å². The summed E-state index contributed by atoms with van der Waals surface area (Å²) in [5.74, 6) is 1.14. The lowest BCUT2D eigenvalue weighted by molar-refractivity contribution is 0.0380. The summed E-state index contributed by atoms with van der Waals surface area (Å²) in [5.41, 5.74) is 5.76. The molecule has 21 heavy (non-hydrogen) atoms. The standard InChI is InChI=1S/C16H27N3O2/c1-12(2)21-15-13(17)7-8-14(19-15)18-11-16(20)9-5-3-4-6-10-16/h7-8,12,20H,3-6,9-11,17H2,1-2H3,(H,18,19). The van der Waals surface area contributed by atoms with Crippen molar-refractivity contribution in [2.45, 2.75) is 64.1 Å². The second-order valence-corrected chi connectivity index (χ2v) is 6.25. The topological polar surface area (TPSA) is 80.4 Å². The highest BCUT2D eigenvalue weighted by atomic mass is 16.5. The third-order valence-corrected chi connectivity index (χ3v) is 3.87. The molecule has 1 aliphatic carbocycles. The first-order valence-electron chi connectivity index (χ1n) is 7.88. The van der Waals surface area contributed by atoms with Gasteiger partial charge in [-0.05, 0) is 38.8 Å². The first-order chi connectivity index (χ1) is 9.98. The molecule has 0 amide bonds. The minimum absolute atomic E-state index is 0.0288. The van der Waals surface area contributed by atoms with E-state index in [0.29, 0.717) is 23.9 Å². The first kappa shape index (κ1) is 15.9. The Morgan fingerprint density at radius 3 is 2.57 bits per heavy atom. The van der Waals surface area contributed by atoms with E-state index in [4.69, 9.17) is 10.5 Å². The van der Waals surface area contributed by atoms with Crippen LogP contribution in [-0.4, -0.2) is 28.3 Å².